The van der Waals surface area contributed by atoms with Crippen molar-refractivity contribution in [1.29, 1.82) is 0 Å². The molecule has 2 heterocycles. The SMILES string of the molecule is COc1cccc(-c2nccc3[nH]c(C(=O)O)cc23)c1. The van der Waals surface area contributed by atoms with Gasteiger partial charge in [-0.05, 0) is 24.3 Å². The molecule has 20 heavy (non-hydrogen) atoms. The first-order valence-corrected chi connectivity index (χ1v) is 6.04. The van der Waals surface area contributed by atoms with Crippen LogP contribution in [0.3, 0.4) is 0 Å². The molecule has 3 aromatic rings. The van der Waals surface area contributed by atoms with Gasteiger partial charge in [-0.2, -0.15) is 0 Å². The molecule has 0 unspecified atom stereocenters. The lowest BCUT2D eigenvalue weighted by molar-refractivity contribution is 0.0691. The van der Waals surface area contributed by atoms with E-state index < -0.39 is 5.97 Å². The summed E-state index contributed by atoms with van der Waals surface area (Å²) in [6.07, 6.45) is 1.65. The number of carboxylic acid groups (broad SMARTS) is 1. The highest BCUT2D eigenvalue weighted by molar-refractivity contribution is 5.99. The third-order valence-electron chi connectivity index (χ3n) is 3.12. The van der Waals surface area contributed by atoms with Crippen LogP contribution in [0.2, 0.25) is 0 Å². The fraction of sp³-hybridized carbons (Fsp3) is 0.0667. The lowest BCUT2D eigenvalue weighted by Gasteiger charge is -2.05. The normalized spacial score (nSPS) is 10.7. The van der Waals surface area contributed by atoms with E-state index in [-0.39, 0.29) is 5.69 Å². The van der Waals surface area contributed by atoms with Crippen molar-refractivity contribution in [2.75, 3.05) is 7.11 Å². The van der Waals surface area contributed by atoms with E-state index in [9.17, 15) is 4.79 Å². The van der Waals surface area contributed by atoms with Crippen LogP contribution in [-0.4, -0.2) is 28.2 Å². The molecule has 2 N–H and O–H groups in total. The zero-order chi connectivity index (χ0) is 14.1. The Morgan fingerprint density at radius 3 is 2.90 bits per heavy atom. The van der Waals surface area contributed by atoms with Crippen molar-refractivity contribution in [1.82, 2.24) is 9.97 Å². The lowest BCUT2D eigenvalue weighted by Crippen LogP contribution is -1.94. The average molecular weight is 268 g/mol. The second-order valence-electron chi connectivity index (χ2n) is 4.34. The molecule has 0 saturated carbocycles. The van der Waals surface area contributed by atoms with Gasteiger partial charge >= 0.3 is 5.97 Å². The Hall–Kier alpha value is -2.82. The Kier molecular flexibility index (Phi) is 2.87. The van der Waals surface area contributed by atoms with Crippen LogP contribution in [0.4, 0.5) is 0 Å². The maximum absolute atomic E-state index is 11.0. The van der Waals surface area contributed by atoms with Crippen LogP contribution < -0.4 is 4.74 Å². The van der Waals surface area contributed by atoms with E-state index in [0.717, 1.165) is 27.9 Å². The zero-order valence-corrected chi connectivity index (χ0v) is 10.8. The third-order valence-corrected chi connectivity index (χ3v) is 3.12. The Morgan fingerprint density at radius 1 is 1.30 bits per heavy atom. The van der Waals surface area contributed by atoms with Crippen LogP contribution in [0.1, 0.15) is 10.5 Å². The fourth-order valence-corrected chi connectivity index (χ4v) is 2.17. The van der Waals surface area contributed by atoms with Crippen LogP contribution in [0.5, 0.6) is 5.75 Å². The standard InChI is InChI=1S/C15H12N2O3/c1-20-10-4-2-3-9(7-10)14-11-8-13(15(18)19)17-12(11)5-6-16-14/h2-8,17H,1H3,(H,18,19). The van der Waals surface area contributed by atoms with Crippen LogP contribution in [0.25, 0.3) is 22.2 Å². The molecule has 5 heteroatoms. The van der Waals surface area contributed by atoms with Crippen molar-refractivity contribution < 1.29 is 14.6 Å². The maximum atomic E-state index is 11.0. The minimum atomic E-state index is -0.988. The van der Waals surface area contributed by atoms with Gasteiger partial charge in [0, 0.05) is 22.7 Å². The van der Waals surface area contributed by atoms with E-state index in [1.165, 1.54) is 0 Å². The number of fused-ring (bicyclic) bond motifs is 1. The predicted octanol–water partition coefficient (Wildman–Crippen LogP) is 2.94. The van der Waals surface area contributed by atoms with E-state index in [1.54, 1.807) is 25.4 Å². The van der Waals surface area contributed by atoms with Crippen LogP contribution in [0, 0.1) is 0 Å². The summed E-state index contributed by atoms with van der Waals surface area (Å²) in [5, 5.41) is 9.83. The van der Waals surface area contributed by atoms with Gasteiger partial charge in [-0.1, -0.05) is 12.1 Å². The first kappa shape index (κ1) is 12.2. The van der Waals surface area contributed by atoms with E-state index in [1.807, 2.05) is 24.3 Å². The number of carbonyl (C=O) groups is 1. The number of nitrogens with zero attached hydrogens (tertiary/aromatic N) is 1. The highest BCUT2D eigenvalue weighted by Crippen LogP contribution is 2.29. The van der Waals surface area contributed by atoms with E-state index in [0.29, 0.717) is 0 Å². The molecule has 0 spiro atoms. The van der Waals surface area contributed by atoms with Crippen LogP contribution in [-0.2, 0) is 0 Å². The molecule has 0 atom stereocenters. The van der Waals surface area contributed by atoms with Gasteiger partial charge in [0.05, 0.1) is 12.8 Å². The number of hydrogen-bond donors (Lipinski definition) is 2. The number of nitrogens with one attached hydrogen (secondary N) is 1. The molecular weight excluding hydrogens is 256 g/mol. The summed E-state index contributed by atoms with van der Waals surface area (Å²) in [4.78, 5) is 18.3. The van der Waals surface area contributed by atoms with Gasteiger partial charge in [-0.15, -0.1) is 0 Å². The highest BCUT2D eigenvalue weighted by atomic mass is 16.5. The van der Waals surface area contributed by atoms with Gasteiger partial charge in [-0.3, -0.25) is 4.98 Å². The second kappa shape index (κ2) is 4.70. The molecule has 0 aliphatic carbocycles. The smallest absolute Gasteiger partial charge is 0.352 e. The average Bonchev–Trinajstić information content (AvgIpc) is 2.91. The first-order chi connectivity index (χ1) is 9.69. The number of aromatic carboxylic acids is 1. The van der Waals surface area contributed by atoms with E-state index >= 15 is 0 Å². The number of aromatic nitrogens is 2. The number of H-pyrrole nitrogens is 1. The minimum Gasteiger partial charge on any atom is -0.497 e. The molecule has 0 fully saturated rings. The summed E-state index contributed by atoms with van der Waals surface area (Å²) in [5.74, 6) is -0.256. The molecule has 0 saturated heterocycles. The van der Waals surface area contributed by atoms with Crippen molar-refractivity contribution in [3.05, 3.63) is 48.3 Å². The van der Waals surface area contributed by atoms with Gasteiger partial charge < -0.3 is 14.8 Å². The van der Waals surface area contributed by atoms with Crippen molar-refractivity contribution in [3.8, 4) is 17.0 Å². The molecule has 1 aromatic carbocycles. The number of ether oxygens (including phenoxy) is 1. The van der Waals surface area contributed by atoms with E-state index in [2.05, 4.69) is 9.97 Å². The number of pyridine rings is 1. The quantitative estimate of drug-likeness (QED) is 0.765. The highest BCUT2D eigenvalue weighted by Gasteiger charge is 2.12. The fourth-order valence-electron chi connectivity index (χ4n) is 2.17. The summed E-state index contributed by atoms with van der Waals surface area (Å²) in [5.41, 5.74) is 2.50. The number of carboxylic acids is 1. The number of aromatic amines is 1. The second-order valence-corrected chi connectivity index (χ2v) is 4.34. The monoisotopic (exact) mass is 268 g/mol. The predicted molar refractivity (Wildman–Crippen MR) is 75.0 cm³/mol. The third kappa shape index (κ3) is 1.99. The van der Waals surface area contributed by atoms with Crippen LogP contribution >= 0.6 is 0 Å². The Balaban J connectivity index is 2.22. The summed E-state index contributed by atoms with van der Waals surface area (Å²) < 4.78 is 5.20. The Bertz CT molecular complexity index is 793. The van der Waals surface area contributed by atoms with Gasteiger partial charge in [0.25, 0.3) is 0 Å². The molecule has 0 amide bonds. The molecular formula is C15H12N2O3. The summed E-state index contributed by atoms with van der Waals surface area (Å²) >= 11 is 0. The largest absolute Gasteiger partial charge is 0.497 e. The Labute approximate surface area is 114 Å². The molecule has 5 nitrogen and oxygen atoms in total. The number of methoxy groups -OCH3 is 1. The number of rotatable bonds is 3. The van der Waals surface area contributed by atoms with Crippen molar-refractivity contribution in [2.45, 2.75) is 0 Å². The van der Waals surface area contributed by atoms with Crippen molar-refractivity contribution in [2.24, 2.45) is 0 Å². The molecule has 100 valence electrons. The van der Waals surface area contributed by atoms with Crippen LogP contribution in [0.15, 0.2) is 42.6 Å². The first-order valence-electron chi connectivity index (χ1n) is 6.04. The number of hydrogen-bond acceptors (Lipinski definition) is 3. The maximum Gasteiger partial charge on any atom is 0.352 e. The molecule has 0 radical (unpaired) electrons. The molecule has 2 aromatic heterocycles. The minimum absolute atomic E-state index is 0.150. The topological polar surface area (TPSA) is 75.2 Å². The van der Waals surface area contributed by atoms with Gasteiger partial charge in [0.15, 0.2) is 0 Å². The van der Waals surface area contributed by atoms with Crippen molar-refractivity contribution in [3.63, 3.8) is 0 Å². The summed E-state index contributed by atoms with van der Waals surface area (Å²) in [6.45, 7) is 0. The molecule has 3 rings (SSSR count). The van der Waals surface area contributed by atoms with Gasteiger partial charge in [0.1, 0.15) is 11.4 Å². The zero-order valence-electron chi connectivity index (χ0n) is 10.8. The Morgan fingerprint density at radius 2 is 2.15 bits per heavy atom. The van der Waals surface area contributed by atoms with Crippen molar-refractivity contribution >= 4 is 16.9 Å². The lowest BCUT2D eigenvalue weighted by atomic mass is 10.1. The molecule has 0 aliphatic heterocycles. The number of benzene rings is 1. The summed E-state index contributed by atoms with van der Waals surface area (Å²) in [7, 11) is 1.60. The van der Waals surface area contributed by atoms with Gasteiger partial charge in [0.2, 0.25) is 0 Å². The summed E-state index contributed by atoms with van der Waals surface area (Å²) in [6, 6.07) is 10.9. The van der Waals surface area contributed by atoms with E-state index in [4.69, 9.17) is 9.84 Å². The molecule has 0 aliphatic rings. The van der Waals surface area contributed by atoms with Gasteiger partial charge in [-0.25, -0.2) is 4.79 Å². The molecule has 0 bridgehead atoms.